The average Bonchev–Trinajstić information content (AvgIpc) is 2.78. The first-order valence-electron chi connectivity index (χ1n) is 9.71. The van der Waals surface area contributed by atoms with E-state index in [1.807, 2.05) is 6.07 Å². The number of carboxylic acid groups (broad SMARTS) is 1. The Hall–Kier alpha value is -3.82. The van der Waals surface area contributed by atoms with Gasteiger partial charge in [0, 0.05) is 5.56 Å². The number of carboxylic acids is 1. The van der Waals surface area contributed by atoms with Crippen molar-refractivity contribution in [2.45, 2.75) is 13.5 Å². The van der Waals surface area contributed by atoms with Gasteiger partial charge in [-0.2, -0.15) is 5.26 Å². The smallest absolute Gasteiger partial charge is 0.335 e. The van der Waals surface area contributed by atoms with Crippen LogP contribution in [0.4, 0.5) is 4.39 Å². The van der Waals surface area contributed by atoms with Gasteiger partial charge in [0.05, 0.1) is 28.8 Å². The van der Waals surface area contributed by atoms with Crippen molar-refractivity contribution in [3.63, 3.8) is 0 Å². The largest absolute Gasteiger partial charge is 0.490 e. The summed E-state index contributed by atoms with van der Waals surface area (Å²) in [6, 6.07) is 17.6. The molecule has 162 valence electrons. The molecule has 0 aromatic heterocycles. The van der Waals surface area contributed by atoms with Crippen LogP contribution in [0.25, 0.3) is 11.6 Å². The highest BCUT2D eigenvalue weighted by Gasteiger charge is 2.14. The van der Waals surface area contributed by atoms with E-state index >= 15 is 0 Å². The van der Waals surface area contributed by atoms with Crippen LogP contribution in [-0.4, -0.2) is 17.7 Å². The Morgan fingerprint density at radius 3 is 2.62 bits per heavy atom. The maximum absolute atomic E-state index is 14.1. The summed E-state index contributed by atoms with van der Waals surface area (Å²) in [5, 5.41) is 18.9. The molecule has 0 radical (unpaired) electrons. The Bertz CT molecular complexity index is 1220. The second-order valence-electron chi connectivity index (χ2n) is 6.71. The molecule has 0 saturated carbocycles. The number of hydrogen-bond acceptors (Lipinski definition) is 4. The van der Waals surface area contributed by atoms with Crippen LogP contribution in [0.5, 0.6) is 11.5 Å². The molecule has 3 rings (SSSR count). The Morgan fingerprint density at radius 2 is 1.94 bits per heavy atom. The lowest BCUT2D eigenvalue weighted by molar-refractivity contribution is 0.0696. The SMILES string of the molecule is CCOc1cc(/C=C(/C#N)c2ccccc2F)cc(Cl)c1OCc1cccc(C(=O)O)c1. The molecule has 0 aliphatic rings. The first kappa shape index (κ1) is 22.9. The van der Waals surface area contributed by atoms with Crippen molar-refractivity contribution in [3.8, 4) is 17.6 Å². The Kier molecular flexibility index (Phi) is 7.48. The molecule has 0 atom stereocenters. The summed E-state index contributed by atoms with van der Waals surface area (Å²) >= 11 is 6.44. The van der Waals surface area contributed by atoms with Gasteiger partial charge in [-0.15, -0.1) is 0 Å². The summed E-state index contributed by atoms with van der Waals surface area (Å²) < 4.78 is 25.6. The molecule has 3 aromatic carbocycles. The van der Waals surface area contributed by atoms with Crippen molar-refractivity contribution < 1.29 is 23.8 Å². The second kappa shape index (κ2) is 10.5. The van der Waals surface area contributed by atoms with Gasteiger partial charge in [0.1, 0.15) is 12.4 Å². The first-order chi connectivity index (χ1) is 15.4. The lowest BCUT2D eigenvalue weighted by Gasteiger charge is -2.15. The zero-order valence-electron chi connectivity index (χ0n) is 17.1. The summed E-state index contributed by atoms with van der Waals surface area (Å²) in [6.07, 6.45) is 1.52. The standard InChI is InChI=1S/C25H19ClFNO4/c1-2-31-23-13-17(11-19(14-28)20-8-3-4-9-22(20)27)12-21(26)24(23)32-15-16-6-5-7-18(10-16)25(29)30/h3-13H,2,15H2,1H3,(H,29,30)/b19-11-. The summed E-state index contributed by atoms with van der Waals surface area (Å²) in [5.41, 5.74) is 1.67. The van der Waals surface area contributed by atoms with E-state index in [1.165, 1.54) is 30.3 Å². The van der Waals surface area contributed by atoms with Crippen molar-refractivity contribution >= 4 is 29.2 Å². The minimum Gasteiger partial charge on any atom is -0.490 e. The number of nitriles is 1. The van der Waals surface area contributed by atoms with Crippen LogP contribution in [0, 0.1) is 17.1 Å². The zero-order chi connectivity index (χ0) is 23.1. The number of rotatable bonds is 8. The van der Waals surface area contributed by atoms with Gasteiger partial charge in [0.25, 0.3) is 0 Å². The van der Waals surface area contributed by atoms with Crippen LogP contribution in [0.15, 0.2) is 60.7 Å². The number of aromatic carboxylic acids is 1. The fourth-order valence-electron chi connectivity index (χ4n) is 3.04. The third-order valence-corrected chi connectivity index (χ3v) is 4.77. The molecule has 0 heterocycles. The minimum atomic E-state index is -1.03. The van der Waals surface area contributed by atoms with E-state index in [9.17, 15) is 14.4 Å². The maximum Gasteiger partial charge on any atom is 0.335 e. The third kappa shape index (κ3) is 5.45. The highest BCUT2D eigenvalue weighted by atomic mass is 35.5. The lowest BCUT2D eigenvalue weighted by atomic mass is 10.0. The van der Waals surface area contributed by atoms with Gasteiger partial charge in [-0.05, 0) is 54.5 Å². The predicted octanol–water partition coefficient (Wildman–Crippen LogP) is 6.22. The van der Waals surface area contributed by atoms with Gasteiger partial charge >= 0.3 is 5.97 Å². The van der Waals surface area contributed by atoms with E-state index in [0.717, 1.165) is 0 Å². The second-order valence-corrected chi connectivity index (χ2v) is 7.11. The van der Waals surface area contributed by atoms with Gasteiger partial charge in [0.15, 0.2) is 11.5 Å². The predicted molar refractivity (Wildman–Crippen MR) is 120 cm³/mol. The van der Waals surface area contributed by atoms with E-state index < -0.39 is 11.8 Å². The number of hydrogen-bond donors (Lipinski definition) is 1. The molecule has 0 amide bonds. The number of benzene rings is 3. The molecule has 0 spiro atoms. The molecule has 0 saturated heterocycles. The van der Waals surface area contributed by atoms with Gasteiger partial charge in [0.2, 0.25) is 0 Å². The zero-order valence-corrected chi connectivity index (χ0v) is 17.9. The highest BCUT2D eigenvalue weighted by molar-refractivity contribution is 6.32. The number of carbonyl (C=O) groups is 1. The molecular formula is C25H19ClFNO4. The highest BCUT2D eigenvalue weighted by Crippen LogP contribution is 2.38. The number of nitrogens with zero attached hydrogens (tertiary/aromatic N) is 1. The minimum absolute atomic E-state index is 0.0781. The summed E-state index contributed by atoms with van der Waals surface area (Å²) in [5.74, 6) is -0.888. The fourth-order valence-corrected chi connectivity index (χ4v) is 3.31. The van der Waals surface area contributed by atoms with Gasteiger partial charge in [-0.25, -0.2) is 9.18 Å². The Labute approximate surface area is 189 Å². The first-order valence-corrected chi connectivity index (χ1v) is 10.1. The van der Waals surface area contributed by atoms with Crippen molar-refractivity contribution in [1.82, 2.24) is 0 Å². The van der Waals surface area contributed by atoms with Crippen molar-refractivity contribution in [1.29, 1.82) is 5.26 Å². The van der Waals surface area contributed by atoms with Crippen LogP contribution in [0.2, 0.25) is 5.02 Å². The lowest BCUT2D eigenvalue weighted by Crippen LogP contribution is -2.03. The van der Waals surface area contributed by atoms with Gasteiger partial charge < -0.3 is 14.6 Å². The quantitative estimate of drug-likeness (QED) is 0.325. The number of halogens is 2. The number of allylic oxidation sites excluding steroid dienone is 1. The monoisotopic (exact) mass is 451 g/mol. The summed E-state index contributed by atoms with van der Waals surface area (Å²) in [6.45, 7) is 2.22. The third-order valence-electron chi connectivity index (χ3n) is 4.48. The molecule has 0 fully saturated rings. The van der Waals surface area contributed by atoms with Crippen LogP contribution < -0.4 is 9.47 Å². The molecule has 3 aromatic rings. The molecule has 5 nitrogen and oxygen atoms in total. The van der Waals surface area contributed by atoms with E-state index in [2.05, 4.69) is 0 Å². The molecule has 0 bridgehead atoms. The molecule has 0 aliphatic heterocycles. The van der Waals surface area contributed by atoms with Crippen LogP contribution in [0.3, 0.4) is 0 Å². The topological polar surface area (TPSA) is 79.5 Å². The Morgan fingerprint density at radius 1 is 1.16 bits per heavy atom. The van der Waals surface area contributed by atoms with E-state index in [1.54, 1.807) is 43.3 Å². The van der Waals surface area contributed by atoms with E-state index in [4.69, 9.17) is 26.2 Å². The van der Waals surface area contributed by atoms with Crippen molar-refractivity contribution in [3.05, 3.63) is 93.8 Å². The Balaban J connectivity index is 1.93. The normalized spacial score (nSPS) is 11.0. The van der Waals surface area contributed by atoms with Gasteiger partial charge in [-0.3, -0.25) is 0 Å². The molecule has 0 aliphatic carbocycles. The van der Waals surface area contributed by atoms with Crippen LogP contribution >= 0.6 is 11.6 Å². The van der Waals surface area contributed by atoms with E-state index in [0.29, 0.717) is 23.5 Å². The average molecular weight is 452 g/mol. The molecule has 1 N–H and O–H groups in total. The summed E-state index contributed by atoms with van der Waals surface area (Å²) in [4.78, 5) is 11.2. The molecule has 7 heteroatoms. The van der Waals surface area contributed by atoms with Crippen LogP contribution in [-0.2, 0) is 6.61 Å². The van der Waals surface area contributed by atoms with Gasteiger partial charge in [-0.1, -0.05) is 41.9 Å². The van der Waals surface area contributed by atoms with Crippen LogP contribution in [0.1, 0.15) is 34.0 Å². The molecule has 32 heavy (non-hydrogen) atoms. The fraction of sp³-hybridized carbons (Fsp3) is 0.120. The van der Waals surface area contributed by atoms with E-state index in [-0.39, 0.29) is 34.1 Å². The molecular weight excluding hydrogens is 433 g/mol. The molecule has 0 unspecified atom stereocenters. The van der Waals surface area contributed by atoms with Crippen molar-refractivity contribution in [2.24, 2.45) is 0 Å². The van der Waals surface area contributed by atoms with Crippen molar-refractivity contribution in [2.75, 3.05) is 6.61 Å². The number of ether oxygens (including phenoxy) is 2. The summed E-state index contributed by atoms with van der Waals surface area (Å²) in [7, 11) is 0. The maximum atomic E-state index is 14.1.